The molecule has 3 aromatic rings. The van der Waals surface area contributed by atoms with Crippen LogP contribution in [0.25, 0.3) is 10.2 Å². The van der Waals surface area contributed by atoms with E-state index in [0.29, 0.717) is 22.1 Å². The summed E-state index contributed by atoms with van der Waals surface area (Å²) in [5.41, 5.74) is 1.12. The number of hydrogen-bond donors (Lipinski definition) is 1. The van der Waals surface area contributed by atoms with Crippen molar-refractivity contribution in [2.45, 2.75) is 6.92 Å². The normalized spacial score (nSPS) is 10.6. The van der Waals surface area contributed by atoms with E-state index in [9.17, 15) is 0 Å². The Morgan fingerprint density at radius 1 is 1.24 bits per heavy atom. The van der Waals surface area contributed by atoms with Gasteiger partial charge in [0.1, 0.15) is 10.6 Å². The third kappa shape index (κ3) is 2.79. The van der Waals surface area contributed by atoms with Crippen LogP contribution in [0, 0.1) is 18.3 Å². The molecule has 0 aliphatic heterocycles. The first-order chi connectivity index (χ1) is 10.1. The molecule has 0 aliphatic rings. The smallest absolute Gasteiger partial charge is 0.225 e. The Bertz CT molecular complexity index is 883. The van der Waals surface area contributed by atoms with Crippen molar-refractivity contribution >= 4 is 56.3 Å². The number of aromatic nitrogens is 2. The number of rotatable bonds is 2. The number of aryl methyl sites for hydroxylation is 1. The lowest BCUT2D eigenvalue weighted by Crippen LogP contribution is -1.97. The van der Waals surface area contributed by atoms with Crippen molar-refractivity contribution in [1.82, 2.24) is 9.97 Å². The molecule has 1 aromatic carbocycles. The molecular formula is C14H8Cl2N4S. The number of nitrogens with zero attached hydrogens (tertiary/aromatic N) is 3. The zero-order chi connectivity index (χ0) is 15.0. The van der Waals surface area contributed by atoms with E-state index in [1.807, 2.05) is 13.0 Å². The molecule has 0 spiro atoms. The third-order valence-electron chi connectivity index (χ3n) is 2.84. The summed E-state index contributed by atoms with van der Waals surface area (Å²) < 4.78 is 0. The van der Waals surface area contributed by atoms with Crippen LogP contribution in [-0.4, -0.2) is 9.97 Å². The van der Waals surface area contributed by atoms with Gasteiger partial charge in [-0.05, 0) is 42.8 Å². The molecular weight excluding hydrogens is 327 g/mol. The summed E-state index contributed by atoms with van der Waals surface area (Å²) in [6.07, 6.45) is 0. The number of halogens is 2. The highest BCUT2D eigenvalue weighted by Gasteiger charge is 2.11. The number of benzene rings is 1. The van der Waals surface area contributed by atoms with Crippen LogP contribution >= 0.6 is 34.5 Å². The Kier molecular flexibility index (Phi) is 3.68. The van der Waals surface area contributed by atoms with E-state index in [4.69, 9.17) is 28.5 Å². The van der Waals surface area contributed by atoms with Gasteiger partial charge in [-0.25, -0.2) is 4.98 Å². The first-order valence-corrected chi connectivity index (χ1v) is 7.54. The second kappa shape index (κ2) is 5.49. The van der Waals surface area contributed by atoms with Crippen LogP contribution in [0.5, 0.6) is 0 Å². The highest BCUT2D eigenvalue weighted by atomic mass is 35.5. The van der Waals surface area contributed by atoms with Crippen LogP contribution in [0.15, 0.2) is 24.3 Å². The monoisotopic (exact) mass is 334 g/mol. The summed E-state index contributed by atoms with van der Waals surface area (Å²) in [5.74, 6) is 0.575. The lowest BCUT2D eigenvalue weighted by Gasteiger charge is -2.09. The van der Waals surface area contributed by atoms with E-state index in [-0.39, 0.29) is 5.28 Å². The Morgan fingerprint density at radius 3 is 2.81 bits per heavy atom. The van der Waals surface area contributed by atoms with Gasteiger partial charge in [-0.2, -0.15) is 10.2 Å². The third-order valence-corrected chi connectivity index (χ3v) is 4.28. The van der Waals surface area contributed by atoms with Crippen molar-refractivity contribution in [1.29, 1.82) is 5.26 Å². The fraction of sp³-hybridized carbons (Fsp3) is 0.0714. The molecule has 0 aliphatic carbocycles. The van der Waals surface area contributed by atoms with Gasteiger partial charge in [0, 0.05) is 4.88 Å². The molecule has 0 saturated carbocycles. The first-order valence-electron chi connectivity index (χ1n) is 5.97. The predicted molar refractivity (Wildman–Crippen MR) is 86.6 cm³/mol. The number of anilines is 2. The minimum absolute atomic E-state index is 0.166. The molecule has 0 radical (unpaired) electrons. The summed E-state index contributed by atoms with van der Waals surface area (Å²) in [4.78, 5) is 10.3. The van der Waals surface area contributed by atoms with Gasteiger partial charge in [-0.1, -0.05) is 11.6 Å². The largest absolute Gasteiger partial charge is 0.338 e. The molecule has 0 amide bonds. The molecule has 0 atom stereocenters. The van der Waals surface area contributed by atoms with E-state index in [1.165, 1.54) is 0 Å². The van der Waals surface area contributed by atoms with Gasteiger partial charge < -0.3 is 5.32 Å². The average Bonchev–Trinajstić information content (AvgIpc) is 2.81. The second-order valence-corrected chi connectivity index (χ2v) is 6.33. The van der Waals surface area contributed by atoms with E-state index in [1.54, 1.807) is 29.5 Å². The van der Waals surface area contributed by atoms with Gasteiger partial charge in [-0.3, -0.25) is 0 Å². The number of hydrogen-bond acceptors (Lipinski definition) is 5. The van der Waals surface area contributed by atoms with Crippen LogP contribution < -0.4 is 5.32 Å². The number of nitrogens with one attached hydrogen (secondary N) is 1. The Labute approximate surface area is 135 Å². The predicted octanol–water partition coefficient (Wildman–Crippen LogP) is 4.92. The van der Waals surface area contributed by atoms with Crippen molar-refractivity contribution in [3.63, 3.8) is 0 Å². The lowest BCUT2D eigenvalue weighted by molar-refractivity contribution is 1.23. The van der Waals surface area contributed by atoms with Gasteiger partial charge in [0.25, 0.3) is 0 Å². The highest BCUT2D eigenvalue weighted by molar-refractivity contribution is 7.18. The van der Waals surface area contributed by atoms with E-state index in [0.717, 1.165) is 15.1 Å². The topological polar surface area (TPSA) is 61.6 Å². The quantitative estimate of drug-likeness (QED) is 0.675. The molecule has 2 aromatic heterocycles. The van der Waals surface area contributed by atoms with Crippen molar-refractivity contribution < 1.29 is 0 Å². The summed E-state index contributed by atoms with van der Waals surface area (Å²) in [6.45, 7) is 1.99. The fourth-order valence-corrected chi connectivity index (χ4v) is 3.19. The first kappa shape index (κ1) is 14.1. The van der Waals surface area contributed by atoms with Gasteiger partial charge in [0.2, 0.25) is 5.28 Å². The van der Waals surface area contributed by atoms with Gasteiger partial charge >= 0.3 is 0 Å². The molecule has 3 rings (SSSR count). The Morgan fingerprint density at radius 2 is 2.05 bits per heavy atom. The zero-order valence-corrected chi connectivity index (χ0v) is 13.1. The maximum absolute atomic E-state index is 8.97. The number of thiophene rings is 1. The van der Waals surface area contributed by atoms with Crippen LogP contribution in [0.2, 0.25) is 10.3 Å². The Hall–Kier alpha value is -1.87. The number of fused-ring (bicyclic) bond motifs is 1. The molecule has 104 valence electrons. The molecule has 21 heavy (non-hydrogen) atoms. The Balaban J connectivity index is 2.12. The summed E-state index contributed by atoms with van der Waals surface area (Å²) in [5, 5.41) is 13.6. The van der Waals surface area contributed by atoms with Crippen molar-refractivity contribution in [2.24, 2.45) is 0 Å². The average molecular weight is 335 g/mol. The SMILES string of the molecule is Cc1cc2c(Nc3cc(C#N)ccc3Cl)nc(Cl)nc2s1. The fourth-order valence-electron chi connectivity index (χ4n) is 1.93. The minimum atomic E-state index is 0.166. The molecule has 0 saturated heterocycles. The van der Waals surface area contributed by atoms with Gasteiger partial charge in [-0.15, -0.1) is 11.3 Å². The highest BCUT2D eigenvalue weighted by Crippen LogP contribution is 2.33. The minimum Gasteiger partial charge on any atom is -0.338 e. The molecule has 0 fully saturated rings. The molecule has 1 N–H and O–H groups in total. The number of nitriles is 1. The standard InChI is InChI=1S/C14H8Cl2N4S/c1-7-4-9-12(19-14(16)20-13(9)21-7)18-11-5-8(6-17)2-3-10(11)15/h2-5H,1H3,(H,18,19,20). The van der Waals surface area contributed by atoms with Crippen LogP contribution in [-0.2, 0) is 0 Å². The summed E-state index contributed by atoms with van der Waals surface area (Å²) in [6, 6.07) is 9.06. The van der Waals surface area contributed by atoms with Crippen LogP contribution in [0.4, 0.5) is 11.5 Å². The van der Waals surface area contributed by atoms with Crippen LogP contribution in [0.1, 0.15) is 10.4 Å². The summed E-state index contributed by atoms with van der Waals surface area (Å²) in [7, 11) is 0. The molecule has 0 unspecified atom stereocenters. The molecule has 2 heterocycles. The van der Waals surface area contributed by atoms with E-state index >= 15 is 0 Å². The lowest BCUT2D eigenvalue weighted by atomic mass is 10.2. The van der Waals surface area contributed by atoms with Crippen molar-refractivity contribution in [3.05, 3.63) is 45.0 Å². The molecule has 7 heteroatoms. The molecule has 0 bridgehead atoms. The molecule has 4 nitrogen and oxygen atoms in total. The summed E-state index contributed by atoms with van der Waals surface area (Å²) >= 11 is 13.7. The maximum Gasteiger partial charge on any atom is 0.225 e. The van der Waals surface area contributed by atoms with Gasteiger partial charge in [0.15, 0.2) is 0 Å². The maximum atomic E-state index is 8.97. The van der Waals surface area contributed by atoms with E-state index < -0.39 is 0 Å². The van der Waals surface area contributed by atoms with Gasteiger partial charge in [0.05, 0.1) is 27.7 Å². The van der Waals surface area contributed by atoms with Crippen molar-refractivity contribution in [2.75, 3.05) is 5.32 Å². The van der Waals surface area contributed by atoms with Crippen LogP contribution in [0.3, 0.4) is 0 Å². The second-order valence-electron chi connectivity index (χ2n) is 4.35. The van der Waals surface area contributed by atoms with E-state index in [2.05, 4.69) is 21.4 Å². The van der Waals surface area contributed by atoms with Crippen molar-refractivity contribution in [3.8, 4) is 6.07 Å². The zero-order valence-electron chi connectivity index (χ0n) is 10.8.